The highest BCUT2D eigenvalue weighted by Gasteiger charge is 2.35. The number of nitrogens with zero attached hydrogens (tertiary/aromatic N) is 4. The van der Waals surface area contributed by atoms with Gasteiger partial charge in [-0.2, -0.15) is 18.2 Å². The van der Waals surface area contributed by atoms with Crippen LogP contribution in [0.25, 0.3) is 0 Å². The van der Waals surface area contributed by atoms with Gasteiger partial charge < -0.3 is 10.2 Å². The number of aromatic nitrogens is 2. The fraction of sp³-hybridized carbons (Fsp3) is 0.158. The van der Waals surface area contributed by atoms with Crippen LogP contribution in [0.5, 0.6) is 0 Å². The molecule has 0 aliphatic heterocycles. The monoisotopic (exact) mass is 403 g/mol. The number of aryl methyl sites for hydroxylation is 1. The smallest absolute Gasteiger partial charge is 0.340 e. The zero-order chi connectivity index (χ0) is 21.2. The summed E-state index contributed by atoms with van der Waals surface area (Å²) >= 11 is 0. The van der Waals surface area contributed by atoms with Gasteiger partial charge in [-0.1, -0.05) is 12.1 Å². The van der Waals surface area contributed by atoms with Crippen LogP contribution < -0.4 is 10.2 Å². The summed E-state index contributed by atoms with van der Waals surface area (Å²) in [5.41, 5.74) is 0.701. The van der Waals surface area contributed by atoms with E-state index in [1.54, 1.807) is 18.0 Å². The molecule has 0 bridgehead atoms. The Balaban J connectivity index is 1.99. The average Bonchev–Trinajstić information content (AvgIpc) is 2.67. The minimum absolute atomic E-state index is 0.0630. The van der Waals surface area contributed by atoms with E-state index in [0.717, 1.165) is 5.56 Å². The number of non-ortho nitro benzene ring substituents is 1. The second-order valence-electron chi connectivity index (χ2n) is 6.26. The van der Waals surface area contributed by atoms with Gasteiger partial charge in [-0.15, -0.1) is 0 Å². The Morgan fingerprint density at radius 2 is 1.83 bits per heavy atom. The van der Waals surface area contributed by atoms with Gasteiger partial charge in [0.05, 0.1) is 4.92 Å². The summed E-state index contributed by atoms with van der Waals surface area (Å²) in [7, 11) is 1.65. The highest BCUT2D eigenvalue weighted by Crippen LogP contribution is 2.36. The molecule has 1 aromatic heterocycles. The lowest BCUT2D eigenvalue weighted by Gasteiger charge is -2.20. The van der Waals surface area contributed by atoms with E-state index in [0.29, 0.717) is 11.9 Å². The molecule has 1 N–H and O–H groups in total. The largest absolute Gasteiger partial charge is 0.421 e. The topological polar surface area (TPSA) is 84.2 Å². The Bertz CT molecular complexity index is 1040. The minimum Gasteiger partial charge on any atom is -0.340 e. The van der Waals surface area contributed by atoms with Crippen LogP contribution >= 0.6 is 0 Å². The van der Waals surface area contributed by atoms with Crippen molar-refractivity contribution in [1.82, 2.24) is 9.97 Å². The summed E-state index contributed by atoms with van der Waals surface area (Å²) in [5.74, 6) is -0.385. The second-order valence-corrected chi connectivity index (χ2v) is 6.26. The number of nitrogens with one attached hydrogen (secondary N) is 1. The van der Waals surface area contributed by atoms with Crippen molar-refractivity contribution in [2.24, 2.45) is 0 Å². The number of benzene rings is 2. The third kappa shape index (κ3) is 4.60. The van der Waals surface area contributed by atoms with Gasteiger partial charge in [-0.05, 0) is 36.8 Å². The highest BCUT2D eigenvalue weighted by atomic mass is 19.4. The molecule has 0 saturated carbocycles. The number of anilines is 4. The van der Waals surface area contributed by atoms with Crippen molar-refractivity contribution >= 4 is 28.8 Å². The van der Waals surface area contributed by atoms with Crippen LogP contribution in [-0.4, -0.2) is 21.9 Å². The van der Waals surface area contributed by atoms with E-state index >= 15 is 0 Å². The maximum Gasteiger partial charge on any atom is 0.421 e. The molecule has 150 valence electrons. The Hall–Kier alpha value is -3.69. The zero-order valence-electron chi connectivity index (χ0n) is 15.4. The molecule has 29 heavy (non-hydrogen) atoms. The Morgan fingerprint density at radius 1 is 1.14 bits per heavy atom. The predicted octanol–water partition coefficient (Wildman–Crippen LogP) is 5.22. The number of halogens is 3. The summed E-state index contributed by atoms with van der Waals surface area (Å²) in [6.45, 7) is 1.90. The molecule has 0 saturated heterocycles. The standard InChI is InChI=1S/C19H16F3N5O2/c1-12-4-3-5-15(10-12)26(2)18-23-11-16(19(20,21)22)17(25-18)24-13-6-8-14(9-7-13)27(28)29/h3-11H,1-2H3,(H,23,24,25). The highest BCUT2D eigenvalue weighted by molar-refractivity contribution is 5.64. The number of hydrogen-bond donors (Lipinski definition) is 1. The lowest BCUT2D eigenvalue weighted by molar-refractivity contribution is -0.384. The molecule has 1 heterocycles. The van der Waals surface area contributed by atoms with Gasteiger partial charge in [-0.25, -0.2) is 4.98 Å². The molecule has 2 aromatic carbocycles. The molecule has 7 nitrogen and oxygen atoms in total. The predicted molar refractivity (Wildman–Crippen MR) is 103 cm³/mol. The molecule has 3 aromatic rings. The average molecular weight is 403 g/mol. The molecule has 0 radical (unpaired) electrons. The van der Waals surface area contributed by atoms with Crippen LogP contribution in [0, 0.1) is 17.0 Å². The molecule has 10 heteroatoms. The van der Waals surface area contributed by atoms with Gasteiger partial charge in [0.1, 0.15) is 11.4 Å². The van der Waals surface area contributed by atoms with Crippen molar-refractivity contribution in [3.8, 4) is 0 Å². The number of rotatable bonds is 5. The fourth-order valence-corrected chi connectivity index (χ4v) is 2.59. The third-order valence-electron chi connectivity index (χ3n) is 4.11. The summed E-state index contributed by atoms with van der Waals surface area (Å²) < 4.78 is 40.2. The molecule has 0 spiro atoms. The lowest BCUT2D eigenvalue weighted by Crippen LogP contribution is -2.17. The maximum atomic E-state index is 13.4. The van der Waals surface area contributed by atoms with Crippen molar-refractivity contribution in [1.29, 1.82) is 0 Å². The molecule has 3 rings (SSSR count). The first-order valence-electron chi connectivity index (χ1n) is 8.41. The zero-order valence-corrected chi connectivity index (χ0v) is 15.4. The Morgan fingerprint density at radius 3 is 2.41 bits per heavy atom. The first-order valence-corrected chi connectivity index (χ1v) is 8.41. The van der Waals surface area contributed by atoms with E-state index in [1.165, 1.54) is 24.3 Å². The maximum absolute atomic E-state index is 13.4. The van der Waals surface area contributed by atoms with Crippen LogP contribution in [0.3, 0.4) is 0 Å². The van der Waals surface area contributed by atoms with Crippen molar-refractivity contribution in [3.05, 3.63) is 76.0 Å². The van der Waals surface area contributed by atoms with Crippen LogP contribution in [0.1, 0.15) is 11.1 Å². The first kappa shape index (κ1) is 20.1. The molecule has 0 aliphatic carbocycles. The molecule has 0 atom stereocenters. The van der Waals surface area contributed by atoms with Gasteiger partial charge >= 0.3 is 6.18 Å². The number of alkyl halides is 3. The van der Waals surface area contributed by atoms with Gasteiger partial charge in [-0.3, -0.25) is 10.1 Å². The van der Waals surface area contributed by atoms with Crippen LogP contribution in [0.2, 0.25) is 0 Å². The summed E-state index contributed by atoms with van der Waals surface area (Å²) in [4.78, 5) is 19.6. The van der Waals surface area contributed by atoms with Gasteiger partial charge in [0.15, 0.2) is 0 Å². The van der Waals surface area contributed by atoms with Gasteiger partial charge in [0, 0.05) is 36.8 Å². The van der Waals surface area contributed by atoms with Gasteiger partial charge in [0.2, 0.25) is 5.95 Å². The van der Waals surface area contributed by atoms with Crippen molar-refractivity contribution in [3.63, 3.8) is 0 Å². The van der Waals surface area contributed by atoms with E-state index in [4.69, 9.17) is 0 Å². The Labute approximate surface area is 164 Å². The number of hydrogen-bond acceptors (Lipinski definition) is 6. The minimum atomic E-state index is -4.68. The first-order chi connectivity index (χ1) is 13.6. The van der Waals surface area contributed by atoms with E-state index in [9.17, 15) is 23.3 Å². The fourth-order valence-electron chi connectivity index (χ4n) is 2.59. The normalized spacial score (nSPS) is 11.2. The quantitative estimate of drug-likeness (QED) is 0.464. The molecule has 0 unspecified atom stereocenters. The van der Waals surface area contributed by atoms with E-state index in [1.807, 2.05) is 25.1 Å². The summed E-state index contributed by atoms with van der Waals surface area (Å²) in [6.07, 6.45) is -3.97. The summed E-state index contributed by atoms with van der Waals surface area (Å²) in [5, 5.41) is 13.3. The molecule has 0 amide bonds. The molecule has 0 fully saturated rings. The molecular formula is C19H16F3N5O2. The SMILES string of the molecule is Cc1cccc(N(C)c2ncc(C(F)(F)F)c(Nc3ccc([N+](=O)[O-])cc3)n2)c1. The third-order valence-corrected chi connectivity index (χ3v) is 4.11. The van der Waals surface area contributed by atoms with Crippen molar-refractivity contribution < 1.29 is 18.1 Å². The summed E-state index contributed by atoms with van der Waals surface area (Å²) in [6, 6.07) is 12.4. The Kier molecular flexibility index (Phi) is 5.35. The van der Waals surface area contributed by atoms with Crippen molar-refractivity contribution in [2.75, 3.05) is 17.3 Å². The van der Waals surface area contributed by atoms with Gasteiger partial charge in [0.25, 0.3) is 5.69 Å². The van der Waals surface area contributed by atoms with Crippen LogP contribution in [-0.2, 0) is 6.18 Å². The number of nitro benzene ring substituents is 1. The van der Waals surface area contributed by atoms with E-state index in [-0.39, 0.29) is 17.3 Å². The second kappa shape index (κ2) is 7.74. The van der Waals surface area contributed by atoms with Crippen LogP contribution in [0.4, 0.5) is 42.0 Å². The lowest BCUT2D eigenvalue weighted by atomic mass is 10.2. The molecule has 0 aliphatic rings. The van der Waals surface area contributed by atoms with Crippen molar-refractivity contribution in [2.45, 2.75) is 13.1 Å². The van der Waals surface area contributed by atoms with E-state index in [2.05, 4.69) is 15.3 Å². The molecular weight excluding hydrogens is 387 g/mol. The van der Waals surface area contributed by atoms with E-state index < -0.39 is 22.5 Å². The number of nitro groups is 1. The van der Waals surface area contributed by atoms with Crippen LogP contribution in [0.15, 0.2) is 54.7 Å².